The highest BCUT2D eigenvalue weighted by Gasteiger charge is 2.36. The molecule has 2 atom stereocenters. The minimum absolute atomic E-state index is 0.0445. The number of nitrogens with one attached hydrogen (secondary N) is 1. The predicted molar refractivity (Wildman–Crippen MR) is 153 cm³/mol. The van der Waals surface area contributed by atoms with Crippen molar-refractivity contribution in [2.24, 2.45) is 5.92 Å². The van der Waals surface area contributed by atoms with E-state index in [0.717, 1.165) is 45.3 Å². The van der Waals surface area contributed by atoms with Gasteiger partial charge in [0.1, 0.15) is 0 Å². The van der Waals surface area contributed by atoms with Gasteiger partial charge in [-0.3, -0.25) is 14.5 Å². The Hall–Kier alpha value is -2.86. The Morgan fingerprint density at radius 2 is 1.86 bits per heavy atom. The molecule has 0 unspecified atom stereocenters. The van der Waals surface area contributed by atoms with Gasteiger partial charge in [0, 0.05) is 49.2 Å². The lowest BCUT2D eigenvalue weighted by atomic mass is 9.79. The highest BCUT2D eigenvalue weighted by molar-refractivity contribution is 5.99. The van der Waals surface area contributed by atoms with Crippen LogP contribution in [0.5, 0.6) is 0 Å². The quantitative estimate of drug-likeness (QED) is 0.277. The Bertz CT molecular complexity index is 1100. The first-order chi connectivity index (χ1) is 17.9. The van der Waals surface area contributed by atoms with Crippen molar-refractivity contribution < 1.29 is 14.7 Å². The molecule has 4 rings (SSSR count). The van der Waals surface area contributed by atoms with Gasteiger partial charge in [0.2, 0.25) is 5.91 Å². The molecule has 0 spiro atoms. The Balaban J connectivity index is 0.000000251. The number of hydrogen-bond acceptors (Lipinski definition) is 3. The summed E-state index contributed by atoms with van der Waals surface area (Å²) in [7, 11) is 2.15. The summed E-state index contributed by atoms with van der Waals surface area (Å²) >= 11 is 0. The summed E-state index contributed by atoms with van der Waals surface area (Å²) in [4.78, 5) is 30.7. The van der Waals surface area contributed by atoms with Crippen LogP contribution < -0.4 is 0 Å². The van der Waals surface area contributed by atoms with Crippen LogP contribution in [0.15, 0.2) is 42.6 Å². The maximum Gasteiger partial charge on any atom is 0.303 e. The van der Waals surface area contributed by atoms with Crippen molar-refractivity contribution in [3.63, 3.8) is 0 Å². The Kier molecular flexibility index (Phi) is 11.0. The van der Waals surface area contributed by atoms with E-state index in [2.05, 4.69) is 73.4 Å². The normalized spacial score (nSPS) is 18.8. The van der Waals surface area contributed by atoms with E-state index in [1.807, 2.05) is 11.8 Å². The lowest BCUT2D eigenvalue weighted by molar-refractivity contribution is -0.137. The molecule has 0 radical (unpaired) electrons. The Morgan fingerprint density at radius 3 is 2.57 bits per heavy atom. The number of fused-ring (bicyclic) bond motifs is 2. The van der Waals surface area contributed by atoms with Crippen LogP contribution in [0.3, 0.4) is 0 Å². The average molecular weight is 508 g/mol. The molecule has 2 N–H and O–H groups in total. The number of carbonyl (C=O) groups is 2. The smallest absolute Gasteiger partial charge is 0.303 e. The number of H-pyrrole nitrogens is 1. The third kappa shape index (κ3) is 7.35. The molecule has 1 aliphatic carbocycles. The molecular formula is C31H45N3O3. The highest BCUT2D eigenvalue weighted by atomic mass is 16.4. The molecule has 1 amide bonds. The molecule has 6 heteroatoms. The average Bonchev–Trinajstić information content (AvgIpc) is 3.31. The summed E-state index contributed by atoms with van der Waals surface area (Å²) in [6.07, 6.45) is 16.7. The minimum Gasteiger partial charge on any atom is -0.481 e. The molecule has 1 aliphatic heterocycles. The van der Waals surface area contributed by atoms with Gasteiger partial charge in [-0.2, -0.15) is 0 Å². The van der Waals surface area contributed by atoms with Crippen LogP contribution in [0.1, 0.15) is 76.8 Å². The van der Waals surface area contributed by atoms with E-state index in [1.165, 1.54) is 46.9 Å². The molecule has 2 aliphatic rings. The number of aromatic nitrogens is 1. The molecule has 37 heavy (non-hydrogen) atoms. The van der Waals surface area contributed by atoms with E-state index in [9.17, 15) is 9.59 Å². The van der Waals surface area contributed by atoms with Crippen LogP contribution in [0.25, 0.3) is 16.5 Å². The number of benzene rings is 1. The number of carboxylic acids is 1. The maximum atomic E-state index is 12.9. The number of aliphatic carboxylic acids is 1. The van der Waals surface area contributed by atoms with E-state index < -0.39 is 5.97 Å². The minimum atomic E-state index is -0.672. The SMILES string of the molecule is C/C=C/CCCCCCCC(=O)O.CCN(CC)C(=O)[C@@H]1C=C2c3cccc4[nH]cc(c34)C[C@H]2N(C)C1. The molecular weight excluding hydrogens is 462 g/mol. The summed E-state index contributed by atoms with van der Waals surface area (Å²) in [6, 6.07) is 6.82. The second kappa shape index (κ2) is 14.2. The first kappa shape index (κ1) is 28.7. The van der Waals surface area contributed by atoms with Gasteiger partial charge < -0.3 is 15.0 Å². The van der Waals surface area contributed by atoms with Gasteiger partial charge in [0.15, 0.2) is 0 Å². The van der Waals surface area contributed by atoms with Crippen LogP contribution in [0, 0.1) is 5.92 Å². The number of aromatic amines is 1. The molecule has 2 aromatic rings. The van der Waals surface area contributed by atoms with Crippen molar-refractivity contribution in [3.8, 4) is 0 Å². The van der Waals surface area contributed by atoms with E-state index in [-0.39, 0.29) is 11.8 Å². The topological polar surface area (TPSA) is 76.6 Å². The molecule has 6 nitrogen and oxygen atoms in total. The third-order valence-electron chi connectivity index (χ3n) is 7.66. The molecule has 202 valence electrons. The van der Waals surface area contributed by atoms with E-state index >= 15 is 0 Å². The lowest BCUT2D eigenvalue weighted by Gasteiger charge is -2.40. The number of carbonyl (C=O) groups excluding carboxylic acids is 1. The van der Waals surface area contributed by atoms with Gasteiger partial charge in [-0.15, -0.1) is 0 Å². The third-order valence-corrected chi connectivity index (χ3v) is 7.66. The number of likely N-dealkylation sites (N-methyl/N-ethyl adjacent to an activating group) is 1. The fourth-order valence-electron chi connectivity index (χ4n) is 5.61. The monoisotopic (exact) mass is 507 g/mol. The van der Waals surface area contributed by atoms with Gasteiger partial charge in [-0.25, -0.2) is 0 Å². The summed E-state index contributed by atoms with van der Waals surface area (Å²) in [5.74, 6) is -0.462. The summed E-state index contributed by atoms with van der Waals surface area (Å²) in [5, 5.41) is 9.71. The lowest BCUT2D eigenvalue weighted by Crippen LogP contribution is -2.47. The standard InChI is InChI=1S/C20H25N3O.C11H20O2/c1-4-23(5-2)20(24)14-9-16-15-7-6-8-17-19(15)13(11-21-17)10-18(16)22(3)12-14;1-2-3-4-5-6-7-8-9-10-11(12)13/h6-9,11,14,18,21H,4-5,10,12H2,1-3H3;2-3H,4-10H2,1H3,(H,12,13)/b;3-2+/t14-,18-;/m1./s1. The van der Waals surface area contributed by atoms with Crippen LogP contribution in [0.2, 0.25) is 0 Å². The van der Waals surface area contributed by atoms with E-state index in [4.69, 9.17) is 5.11 Å². The van der Waals surface area contributed by atoms with Crippen molar-refractivity contribution in [1.82, 2.24) is 14.8 Å². The van der Waals surface area contributed by atoms with Crippen LogP contribution in [-0.4, -0.2) is 64.5 Å². The second-order valence-corrected chi connectivity index (χ2v) is 10.2. The summed E-state index contributed by atoms with van der Waals surface area (Å²) < 4.78 is 0. The van der Waals surface area contributed by atoms with Gasteiger partial charge in [0.05, 0.1) is 5.92 Å². The molecule has 1 aromatic heterocycles. The first-order valence-electron chi connectivity index (χ1n) is 14.0. The Morgan fingerprint density at radius 1 is 1.14 bits per heavy atom. The van der Waals surface area contributed by atoms with Crippen molar-refractivity contribution in [1.29, 1.82) is 0 Å². The fourth-order valence-corrected chi connectivity index (χ4v) is 5.61. The number of rotatable bonds is 11. The largest absolute Gasteiger partial charge is 0.481 e. The number of nitrogens with zero attached hydrogens (tertiary/aromatic N) is 2. The Labute approximate surface area is 222 Å². The highest BCUT2D eigenvalue weighted by Crippen LogP contribution is 2.40. The van der Waals surface area contributed by atoms with Crippen LogP contribution >= 0.6 is 0 Å². The molecule has 0 saturated carbocycles. The summed E-state index contributed by atoms with van der Waals surface area (Å²) in [5.41, 5.74) is 5.21. The van der Waals surface area contributed by atoms with Crippen molar-refractivity contribution in [3.05, 3.63) is 53.8 Å². The van der Waals surface area contributed by atoms with Crippen LogP contribution in [-0.2, 0) is 16.0 Å². The van der Waals surface area contributed by atoms with Crippen molar-refractivity contribution in [2.45, 2.75) is 78.2 Å². The number of allylic oxidation sites excluding steroid dienone is 2. The van der Waals surface area contributed by atoms with Gasteiger partial charge >= 0.3 is 5.97 Å². The number of hydrogen-bond donors (Lipinski definition) is 2. The second-order valence-electron chi connectivity index (χ2n) is 10.2. The maximum absolute atomic E-state index is 12.9. The zero-order valence-electron chi connectivity index (χ0n) is 23.1. The van der Waals surface area contributed by atoms with E-state index in [0.29, 0.717) is 12.5 Å². The van der Waals surface area contributed by atoms with Gasteiger partial charge in [0.25, 0.3) is 0 Å². The predicted octanol–water partition coefficient (Wildman–Crippen LogP) is 6.28. The summed E-state index contributed by atoms with van der Waals surface area (Å²) in [6.45, 7) is 8.50. The number of unbranched alkanes of at least 4 members (excludes halogenated alkanes) is 5. The van der Waals surface area contributed by atoms with E-state index in [1.54, 1.807) is 0 Å². The molecule has 0 saturated heterocycles. The van der Waals surface area contributed by atoms with Gasteiger partial charge in [-0.1, -0.05) is 49.6 Å². The molecule has 0 bridgehead atoms. The molecule has 1 aromatic carbocycles. The number of amides is 1. The van der Waals surface area contributed by atoms with Crippen molar-refractivity contribution in [2.75, 3.05) is 26.7 Å². The molecule has 0 fully saturated rings. The van der Waals surface area contributed by atoms with Crippen LogP contribution in [0.4, 0.5) is 0 Å². The first-order valence-corrected chi connectivity index (χ1v) is 14.0. The number of carboxylic acid groups (broad SMARTS) is 1. The van der Waals surface area contributed by atoms with Gasteiger partial charge in [-0.05, 0) is 76.3 Å². The molecule has 2 heterocycles. The fraction of sp³-hybridized carbons (Fsp3) is 0.548. The van der Waals surface area contributed by atoms with Crippen molar-refractivity contribution >= 4 is 28.4 Å². The zero-order valence-corrected chi connectivity index (χ0v) is 23.1. The zero-order chi connectivity index (χ0) is 26.8.